The normalized spacial score (nSPS) is 11.0. The van der Waals surface area contributed by atoms with Crippen LogP contribution in [0.1, 0.15) is 10.4 Å². The zero-order valence-electron chi connectivity index (χ0n) is 9.17. The lowest BCUT2D eigenvalue weighted by Gasteiger charge is -2.13. The Balaban J connectivity index is 3.30. The van der Waals surface area contributed by atoms with Crippen molar-refractivity contribution in [2.75, 3.05) is 14.2 Å². The number of nitrogens with zero attached hydrogens (tertiary/aromatic N) is 1. The third-order valence-electron chi connectivity index (χ3n) is 1.77. The Hall–Kier alpha value is -1.26. The number of alkyl halides is 3. The molecule has 0 saturated heterocycles. The van der Waals surface area contributed by atoms with Crippen LogP contribution in [-0.4, -0.2) is 31.5 Å². The van der Waals surface area contributed by atoms with Gasteiger partial charge in [-0.15, -0.1) is 13.2 Å². The maximum atomic E-state index is 12.1. The van der Waals surface area contributed by atoms with Crippen LogP contribution in [-0.2, 0) is 4.74 Å². The van der Waals surface area contributed by atoms with E-state index in [1.807, 2.05) is 0 Å². The summed E-state index contributed by atoms with van der Waals surface area (Å²) in [4.78, 5) is 14.9. The lowest BCUT2D eigenvalue weighted by Crippen LogP contribution is -2.20. The average molecular weight is 377 g/mol. The number of hydrogen-bond donors (Lipinski definition) is 0. The highest BCUT2D eigenvalue weighted by molar-refractivity contribution is 14.1. The first-order valence-corrected chi connectivity index (χ1v) is 5.44. The third kappa shape index (κ3) is 3.37. The van der Waals surface area contributed by atoms with Gasteiger partial charge < -0.3 is 14.2 Å². The zero-order chi connectivity index (χ0) is 13.9. The van der Waals surface area contributed by atoms with Crippen LogP contribution in [0.5, 0.6) is 11.6 Å². The van der Waals surface area contributed by atoms with Gasteiger partial charge in [-0.3, -0.25) is 0 Å². The van der Waals surface area contributed by atoms with Crippen LogP contribution < -0.4 is 9.47 Å². The first-order chi connectivity index (χ1) is 8.30. The average Bonchev–Trinajstić information content (AvgIpc) is 2.29. The molecule has 18 heavy (non-hydrogen) atoms. The highest BCUT2D eigenvalue weighted by atomic mass is 127. The van der Waals surface area contributed by atoms with E-state index in [-0.39, 0.29) is 14.9 Å². The number of ether oxygens (including phenoxy) is 3. The predicted octanol–water partition coefficient (Wildman–Crippen LogP) is 2.38. The molecule has 0 atom stereocenters. The molecular formula is C9H7F3INO4. The molecule has 0 aliphatic heterocycles. The maximum absolute atomic E-state index is 12.1. The quantitative estimate of drug-likeness (QED) is 0.598. The van der Waals surface area contributed by atoms with E-state index < -0.39 is 18.2 Å². The molecule has 0 unspecified atom stereocenters. The van der Waals surface area contributed by atoms with Gasteiger partial charge in [-0.1, -0.05) is 0 Å². The molecule has 0 spiro atoms. The first kappa shape index (κ1) is 14.8. The summed E-state index contributed by atoms with van der Waals surface area (Å²) in [6.45, 7) is 0. The summed E-state index contributed by atoms with van der Waals surface area (Å²) >= 11 is 1.50. The topological polar surface area (TPSA) is 57.7 Å². The van der Waals surface area contributed by atoms with Crippen molar-refractivity contribution in [3.63, 3.8) is 0 Å². The molecule has 0 bridgehead atoms. The fourth-order valence-electron chi connectivity index (χ4n) is 1.08. The number of halogens is 4. The number of rotatable bonds is 3. The second-order valence-corrected chi connectivity index (χ2v) is 3.94. The van der Waals surface area contributed by atoms with Crippen LogP contribution in [0.3, 0.4) is 0 Å². The Kier molecular flexibility index (Phi) is 4.59. The highest BCUT2D eigenvalue weighted by Crippen LogP contribution is 2.32. The number of aromatic nitrogens is 1. The van der Waals surface area contributed by atoms with Crippen molar-refractivity contribution in [2.45, 2.75) is 6.36 Å². The number of pyridine rings is 1. The number of hydrogen-bond acceptors (Lipinski definition) is 5. The number of esters is 1. The van der Waals surface area contributed by atoms with Gasteiger partial charge in [0.1, 0.15) is 5.56 Å². The molecule has 0 amide bonds. The summed E-state index contributed by atoms with van der Waals surface area (Å²) in [5.41, 5.74) is -0.171. The second kappa shape index (κ2) is 5.59. The molecule has 0 aliphatic carbocycles. The lowest BCUT2D eigenvalue weighted by molar-refractivity contribution is -0.276. The van der Waals surface area contributed by atoms with Gasteiger partial charge in [-0.2, -0.15) is 0 Å². The van der Waals surface area contributed by atoms with E-state index in [9.17, 15) is 18.0 Å². The molecule has 1 heterocycles. The monoisotopic (exact) mass is 377 g/mol. The van der Waals surface area contributed by atoms with Crippen molar-refractivity contribution in [1.29, 1.82) is 0 Å². The van der Waals surface area contributed by atoms with Crippen LogP contribution >= 0.6 is 22.6 Å². The number of methoxy groups -OCH3 is 2. The van der Waals surface area contributed by atoms with Crippen LogP contribution in [0.25, 0.3) is 0 Å². The SMILES string of the molecule is COC(=O)c1c(OC)cnc(OC(F)(F)F)c1I. The van der Waals surface area contributed by atoms with E-state index in [2.05, 4.69) is 14.5 Å². The van der Waals surface area contributed by atoms with Gasteiger partial charge >= 0.3 is 12.3 Å². The first-order valence-electron chi connectivity index (χ1n) is 4.36. The number of carbonyl (C=O) groups is 1. The molecule has 0 fully saturated rings. The third-order valence-corrected chi connectivity index (χ3v) is 2.78. The van der Waals surface area contributed by atoms with Gasteiger partial charge in [0.05, 0.1) is 24.0 Å². The van der Waals surface area contributed by atoms with Gasteiger partial charge in [-0.05, 0) is 22.6 Å². The molecule has 100 valence electrons. The van der Waals surface area contributed by atoms with Gasteiger partial charge in [0, 0.05) is 0 Å². The summed E-state index contributed by atoms with van der Waals surface area (Å²) in [5.74, 6) is -1.57. The van der Waals surface area contributed by atoms with Gasteiger partial charge in [0.2, 0.25) is 5.88 Å². The Morgan fingerprint density at radius 2 is 2.00 bits per heavy atom. The largest absolute Gasteiger partial charge is 0.574 e. The Morgan fingerprint density at radius 3 is 2.44 bits per heavy atom. The van der Waals surface area contributed by atoms with E-state index in [4.69, 9.17) is 4.74 Å². The molecule has 0 N–H and O–H groups in total. The molecule has 0 radical (unpaired) electrons. The minimum atomic E-state index is -4.89. The fourth-order valence-corrected chi connectivity index (χ4v) is 1.82. The molecule has 5 nitrogen and oxygen atoms in total. The van der Waals surface area contributed by atoms with Gasteiger partial charge in [0.15, 0.2) is 5.75 Å². The summed E-state index contributed by atoms with van der Waals surface area (Å²) in [6.07, 6.45) is -3.94. The Bertz CT molecular complexity index is 464. The second-order valence-electron chi connectivity index (χ2n) is 2.86. The smallest absolute Gasteiger partial charge is 0.494 e. The van der Waals surface area contributed by atoms with Crippen molar-refractivity contribution < 1.29 is 32.2 Å². The van der Waals surface area contributed by atoms with E-state index in [1.54, 1.807) is 0 Å². The minimum absolute atomic E-state index is 0.000717. The molecule has 0 aliphatic rings. The molecule has 1 aromatic heterocycles. The van der Waals surface area contributed by atoms with Crippen LogP contribution in [0, 0.1) is 3.57 Å². The van der Waals surface area contributed by atoms with Gasteiger partial charge in [-0.25, -0.2) is 9.78 Å². The van der Waals surface area contributed by atoms with E-state index in [0.717, 1.165) is 13.3 Å². The molecule has 1 rings (SSSR count). The Labute approximate surface area is 113 Å². The van der Waals surface area contributed by atoms with Crippen LogP contribution in [0.2, 0.25) is 0 Å². The molecule has 9 heteroatoms. The summed E-state index contributed by atoms with van der Waals surface area (Å²) in [6, 6.07) is 0. The Morgan fingerprint density at radius 1 is 1.39 bits per heavy atom. The minimum Gasteiger partial charge on any atom is -0.494 e. The van der Waals surface area contributed by atoms with Crippen LogP contribution in [0.15, 0.2) is 6.20 Å². The van der Waals surface area contributed by atoms with Gasteiger partial charge in [0.25, 0.3) is 0 Å². The predicted molar refractivity (Wildman–Crippen MR) is 61.5 cm³/mol. The van der Waals surface area contributed by atoms with Crippen molar-refractivity contribution in [2.24, 2.45) is 0 Å². The van der Waals surface area contributed by atoms with E-state index >= 15 is 0 Å². The summed E-state index contributed by atoms with van der Waals surface area (Å²) < 4.78 is 49.1. The van der Waals surface area contributed by atoms with E-state index in [0.29, 0.717) is 0 Å². The fraction of sp³-hybridized carbons (Fsp3) is 0.333. The van der Waals surface area contributed by atoms with Crippen molar-refractivity contribution in [3.05, 3.63) is 15.3 Å². The van der Waals surface area contributed by atoms with Crippen LogP contribution in [0.4, 0.5) is 13.2 Å². The standard InChI is InChI=1S/C9H7F3INO4/c1-16-4-3-14-7(18-9(10,11)12)6(13)5(4)8(15)17-2/h3H,1-2H3. The number of carbonyl (C=O) groups excluding carboxylic acids is 1. The van der Waals surface area contributed by atoms with Crippen molar-refractivity contribution >= 4 is 28.6 Å². The highest BCUT2D eigenvalue weighted by Gasteiger charge is 2.34. The summed E-state index contributed by atoms with van der Waals surface area (Å²) in [7, 11) is 2.35. The van der Waals surface area contributed by atoms with Crippen molar-refractivity contribution in [3.8, 4) is 11.6 Å². The van der Waals surface area contributed by atoms with Crippen molar-refractivity contribution in [1.82, 2.24) is 4.98 Å². The van der Waals surface area contributed by atoms with E-state index in [1.165, 1.54) is 29.7 Å². The lowest BCUT2D eigenvalue weighted by atomic mass is 10.2. The summed E-state index contributed by atoms with van der Waals surface area (Å²) in [5, 5.41) is 0. The molecule has 1 aromatic rings. The maximum Gasteiger partial charge on any atom is 0.574 e. The molecule has 0 aromatic carbocycles. The zero-order valence-corrected chi connectivity index (χ0v) is 11.3. The molecule has 0 saturated carbocycles. The molecular weight excluding hydrogens is 370 g/mol.